The Morgan fingerprint density at radius 3 is 2.79 bits per heavy atom. The predicted octanol–water partition coefficient (Wildman–Crippen LogP) is 2.71. The van der Waals surface area contributed by atoms with Gasteiger partial charge in [-0.15, -0.1) is 11.3 Å². The van der Waals surface area contributed by atoms with E-state index in [-0.39, 0.29) is 4.90 Å². The lowest BCUT2D eigenvalue weighted by Crippen LogP contribution is -2.08. The highest BCUT2D eigenvalue weighted by atomic mass is 32.2. The summed E-state index contributed by atoms with van der Waals surface area (Å²) in [7, 11) is -3.27. The lowest BCUT2D eigenvalue weighted by Gasteiger charge is -2.08. The first-order valence-electron chi connectivity index (χ1n) is 7.59. The number of hydrogen-bond donors (Lipinski definition) is 1. The first-order chi connectivity index (χ1) is 11.5. The fourth-order valence-electron chi connectivity index (χ4n) is 2.34. The lowest BCUT2D eigenvalue weighted by atomic mass is 10.2. The van der Waals surface area contributed by atoms with Crippen molar-refractivity contribution in [3.8, 4) is 0 Å². The summed E-state index contributed by atoms with van der Waals surface area (Å²) < 4.78 is 23.5. The van der Waals surface area contributed by atoms with Gasteiger partial charge in [-0.1, -0.05) is 6.92 Å². The van der Waals surface area contributed by atoms with Crippen molar-refractivity contribution in [2.75, 3.05) is 18.1 Å². The molecule has 2 heterocycles. The number of thiazole rings is 1. The van der Waals surface area contributed by atoms with Crippen LogP contribution in [0.5, 0.6) is 0 Å². The molecule has 0 aliphatic heterocycles. The second kappa shape index (κ2) is 6.82. The minimum atomic E-state index is -3.27. The van der Waals surface area contributed by atoms with E-state index in [1.54, 1.807) is 29.5 Å². The molecule has 0 fully saturated rings. The third-order valence-electron chi connectivity index (χ3n) is 3.61. The van der Waals surface area contributed by atoms with Crippen LogP contribution in [0, 0.1) is 0 Å². The van der Waals surface area contributed by atoms with Crippen molar-refractivity contribution in [3.05, 3.63) is 40.6 Å². The Bertz CT molecular complexity index is 967. The molecule has 3 aromatic rings. The topological polar surface area (TPSA) is 84.8 Å². The molecule has 0 atom stereocenters. The molecule has 1 aromatic carbocycles. The van der Waals surface area contributed by atoms with Gasteiger partial charge in [0.15, 0.2) is 9.84 Å². The number of nitrogens with one attached hydrogen (secondary N) is 1. The number of fused-ring (bicyclic) bond motifs is 1. The second-order valence-electron chi connectivity index (χ2n) is 5.44. The van der Waals surface area contributed by atoms with Crippen molar-refractivity contribution >= 4 is 37.9 Å². The van der Waals surface area contributed by atoms with Crippen molar-refractivity contribution in [1.82, 2.24) is 15.0 Å². The molecule has 0 saturated carbocycles. The number of rotatable bonds is 6. The molecule has 0 amide bonds. The zero-order chi connectivity index (χ0) is 17.2. The SMILES string of the molecule is CCc1nc(CCNc2ncnc3ccc(S(C)(=O)=O)cc23)cs1. The van der Waals surface area contributed by atoms with Gasteiger partial charge in [-0.05, 0) is 24.6 Å². The van der Waals surface area contributed by atoms with Crippen LogP contribution >= 0.6 is 11.3 Å². The van der Waals surface area contributed by atoms with Crippen LogP contribution in [0.3, 0.4) is 0 Å². The molecular weight excluding hydrogens is 344 g/mol. The summed E-state index contributed by atoms with van der Waals surface area (Å²) in [6.45, 7) is 2.76. The van der Waals surface area contributed by atoms with Gasteiger partial charge in [0.25, 0.3) is 0 Å². The first-order valence-corrected chi connectivity index (χ1v) is 10.4. The molecular formula is C16H18N4O2S2. The summed E-state index contributed by atoms with van der Waals surface area (Å²) in [6, 6.07) is 4.88. The highest BCUT2D eigenvalue weighted by molar-refractivity contribution is 7.90. The Morgan fingerprint density at radius 1 is 1.25 bits per heavy atom. The zero-order valence-corrected chi connectivity index (χ0v) is 15.1. The number of aryl methyl sites for hydroxylation is 1. The molecule has 8 heteroatoms. The number of sulfone groups is 1. The Morgan fingerprint density at radius 2 is 2.08 bits per heavy atom. The molecule has 3 rings (SSSR count). The molecule has 0 unspecified atom stereocenters. The largest absolute Gasteiger partial charge is 0.369 e. The van der Waals surface area contributed by atoms with Gasteiger partial charge in [0, 0.05) is 30.0 Å². The summed E-state index contributed by atoms with van der Waals surface area (Å²) in [5.74, 6) is 0.636. The number of nitrogens with zero attached hydrogens (tertiary/aromatic N) is 3. The van der Waals surface area contributed by atoms with E-state index in [4.69, 9.17) is 0 Å². The first kappa shape index (κ1) is 16.8. The summed E-state index contributed by atoms with van der Waals surface area (Å²) in [5.41, 5.74) is 1.77. The van der Waals surface area contributed by atoms with Gasteiger partial charge in [-0.3, -0.25) is 0 Å². The van der Waals surface area contributed by atoms with E-state index < -0.39 is 9.84 Å². The van der Waals surface area contributed by atoms with E-state index in [1.165, 1.54) is 12.6 Å². The summed E-state index contributed by atoms with van der Waals surface area (Å²) in [4.78, 5) is 13.2. The third kappa shape index (κ3) is 3.70. The molecule has 0 aliphatic carbocycles. The quantitative estimate of drug-likeness (QED) is 0.726. The van der Waals surface area contributed by atoms with Crippen LogP contribution in [0.1, 0.15) is 17.6 Å². The van der Waals surface area contributed by atoms with Crippen molar-refractivity contribution in [2.45, 2.75) is 24.7 Å². The van der Waals surface area contributed by atoms with Gasteiger partial charge in [-0.25, -0.2) is 23.4 Å². The Balaban J connectivity index is 1.80. The standard InChI is InChI=1S/C16H18N4O2S2/c1-3-15-20-11(9-23-15)6-7-17-16-13-8-12(24(2,21)22)4-5-14(13)18-10-19-16/h4-5,8-10H,3,6-7H2,1-2H3,(H,17,18,19). The molecule has 6 nitrogen and oxygen atoms in total. The van der Waals surface area contributed by atoms with Crippen LogP contribution in [0.25, 0.3) is 10.9 Å². The maximum absolute atomic E-state index is 11.7. The molecule has 0 aliphatic rings. The van der Waals surface area contributed by atoms with Crippen LogP contribution < -0.4 is 5.32 Å². The van der Waals surface area contributed by atoms with Crippen molar-refractivity contribution in [1.29, 1.82) is 0 Å². The molecule has 1 N–H and O–H groups in total. The summed E-state index contributed by atoms with van der Waals surface area (Å²) >= 11 is 1.67. The lowest BCUT2D eigenvalue weighted by molar-refractivity contribution is 0.602. The minimum absolute atomic E-state index is 0.264. The summed E-state index contributed by atoms with van der Waals surface area (Å²) in [5, 5.41) is 7.17. The normalized spacial score (nSPS) is 11.8. The molecule has 0 bridgehead atoms. The van der Waals surface area contributed by atoms with Gasteiger partial charge in [0.2, 0.25) is 0 Å². The molecule has 2 aromatic heterocycles. The average Bonchev–Trinajstić information content (AvgIpc) is 3.02. The van der Waals surface area contributed by atoms with Crippen LogP contribution in [-0.4, -0.2) is 36.2 Å². The molecule has 24 heavy (non-hydrogen) atoms. The fraction of sp³-hybridized carbons (Fsp3) is 0.312. The molecule has 126 valence electrons. The minimum Gasteiger partial charge on any atom is -0.369 e. The van der Waals surface area contributed by atoms with Gasteiger partial charge >= 0.3 is 0 Å². The Kier molecular flexibility index (Phi) is 4.77. The Labute approximate surface area is 144 Å². The van der Waals surface area contributed by atoms with Gasteiger partial charge in [-0.2, -0.15) is 0 Å². The monoisotopic (exact) mass is 362 g/mol. The van der Waals surface area contributed by atoms with E-state index in [0.29, 0.717) is 23.3 Å². The number of anilines is 1. The predicted molar refractivity (Wildman–Crippen MR) is 96.3 cm³/mol. The van der Waals surface area contributed by atoms with Crippen LogP contribution in [0.4, 0.5) is 5.82 Å². The van der Waals surface area contributed by atoms with Crippen molar-refractivity contribution in [2.24, 2.45) is 0 Å². The maximum atomic E-state index is 11.7. The third-order valence-corrected chi connectivity index (χ3v) is 5.76. The van der Waals surface area contributed by atoms with E-state index in [2.05, 4.69) is 32.6 Å². The van der Waals surface area contributed by atoms with E-state index in [0.717, 1.165) is 23.5 Å². The summed E-state index contributed by atoms with van der Waals surface area (Å²) in [6.07, 6.45) is 4.40. The van der Waals surface area contributed by atoms with Gasteiger partial charge in [0.05, 0.1) is 21.1 Å². The van der Waals surface area contributed by atoms with Crippen molar-refractivity contribution < 1.29 is 8.42 Å². The Hall–Kier alpha value is -2.06. The van der Waals surface area contributed by atoms with Gasteiger partial charge in [0.1, 0.15) is 12.1 Å². The number of aromatic nitrogens is 3. The van der Waals surface area contributed by atoms with Crippen LogP contribution in [0.15, 0.2) is 34.8 Å². The second-order valence-corrected chi connectivity index (χ2v) is 8.39. The van der Waals surface area contributed by atoms with Gasteiger partial charge < -0.3 is 5.32 Å². The zero-order valence-electron chi connectivity index (χ0n) is 13.5. The molecule has 0 spiro atoms. The maximum Gasteiger partial charge on any atom is 0.175 e. The van der Waals surface area contributed by atoms with Crippen LogP contribution in [0.2, 0.25) is 0 Å². The molecule has 0 radical (unpaired) electrons. The van der Waals surface area contributed by atoms with Crippen molar-refractivity contribution in [3.63, 3.8) is 0 Å². The molecule has 0 saturated heterocycles. The average molecular weight is 362 g/mol. The van der Waals surface area contributed by atoms with E-state index >= 15 is 0 Å². The van der Waals surface area contributed by atoms with E-state index in [1.807, 2.05) is 0 Å². The number of hydrogen-bond acceptors (Lipinski definition) is 7. The number of benzene rings is 1. The highest BCUT2D eigenvalue weighted by Crippen LogP contribution is 2.23. The smallest absolute Gasteiger partial charge is 0.175 e. The fourth-order valence-corrected chi connectivity index (χ4v) is 3.77. The highest BCUT2D eigenvalue weighted by Gasteiger charge is 2.11. The van der Waals surface area contributed by atoms with Crippen LogP contribution in [-0.2, 0) is 22.7 Å². The van der Waals surface area contributed by atoms with E-state index in [9.17, 15) is 8.42 Å².